The third-order valence-corrected chi connectivity index (χ3v) is 11.0. The topological polar surface area (TPSA) is 129 Å². The van der Waals surface area contributed by atoms with Gasteiger partial charge in [0, 0.05) is 75.2 Å². The molecule has 7 rings (SSSR count). The van der Waals surface area contributed by atoms with Gasteiger partial charge in [0.05, 0.1) is 11.6 Å². The Morgan fingerprint density at radius 1 is 0.815 bits per heavy atom. The monoisotopic (exact) mass is 734 g/mol. The van der Waals surface area contributed by atoms with Crippen molar-refractivity contribution in [3.05, 3.63) is 120 Å². The van der Waals surface area contributed by atoms with Crippen molar-refractivity contribution < 1.29 is 28.0 Å². The first-order chi connectivity index (χ1) is 26.1. The van der Waals surface area contributed by atoms with E-state index in [1.54, 1.807) is 30.5 Å². The number of rotatable bonds is 10. The van der Waals surface area contributed by atoms with E-state index in [1.807, 2.05) is 54.6 Å². The summed E-state index contributed by atoms with van der Waals surface area (Å²) in [7, 11) is 0. The zero-order valence-electron chi connectivity index (χ0n) is 30.0. The van der Waals surface area contributed by atoms with Crippen LogP contribution in [0, 0.1) is 5.92 Å². The number of amides is 4. The second-order valence-electron chi connectivity index (χ2n) is 14.5. The zero-order chi connectivity index (χ0) is 37.8. The number of nitrogens with zero attached hydrogens (tertiary/aromatic N) is 4. The molecule has 2 atom stereocenters. The number of likely N-dealkylation sites (tertiary alicyclic amines) is 1. The summed E-state index contributed by atoms with van der Waals surface area (Å²) in [6.07, 6.45) is 3.81. The highest BCUT2D eigenvalue weighted by atomic mass is 19.3. The van der Waals surface area contributed by atoms with E-state index in [0.717, 1.165) is 49.5 Å². The van der Waals surface area contributed by atoms with Crippen molar-refractivity contribution in [3.8, 4) is 11.1 Å². The van der Waals surface area contributed by atoms with Gasteiger partial charge in [-0.25, -0.2) is 0 Å². The van der Waals surface area contributed by atoms with Gasteiger partial charge in [-0.15, -0.1) is 0 Å². The number of benzene rings is 3. The average molecular weight is 735 g/mol. The molecule has 2 unspecified atom stereocenters. The largest absolute Gasteiger partial charge is 0.369 e. The highest BCUT2D eigenvalue weighted by molar-refractivity contribution is 6.01. The van der Waals surface area contributed by atoms with Crippen LogP contribution in [0.15, 0.2) is 97.2 Å². The number of hydrogen-bond acceptors (Lipinski definition) is 7. The molecule has 4 heterocycles. The number of primary amides is 1. The van der Waals surface area contributed by atoms with Crippen molar-refractivity contribution >= 4 is 29.3 Å². The standard InChI is InChI=1S/C42H44F2N6O4/c43-42(44,33-11-6-29(7-12-33)32-10-16-36(46-26-32)38(39(45)52)31-4-2-1-3-5-31)41(54)50-20-18-28(19-21-50)27-48-22-24-49(25-23-48)34-13-8-30(9-14-34)35-15-17-37(51)47-40(35)53/h1-14,16,26,28,35,38H,15,17-25,27H2,(H2,45,52)(H,47,51,53). The number of carbonyl (C=O) groups excluding carboxylic acids is 4. The van der Waals surface area contributed by atoms with Gasteiger partial charge in [0.1, 0.15) is 5.92 Å². The Morgan fingerprint density at radius 2 is 1.48 bits per heavy atom. The molecule has 0 radical (unpaired) electrons. The zero-order valence-corrected chi connectivity index (χ0v) is 30.0. The minimum absolute atomic E-state index is 0.217. The highest BCUT2D eigenvalue weighted by Gasteiger charge is 2.44. The molecule has 3 aliphatic rings. The minimum Gasteiger partial charge on any atom is -0.369 e. The average Bonchev–Trinajstić information content (AvgIpc) is 3.19. The summed E-state index contributed by atoms with van der Waals surface area (Å²) < 4.78 is 31.1. The summed E-state index contributed by atoms with van der Waals surface area (Å²) in [5.41, 5.74) is 9.89. The number of nitrogens with one attached hydrogen (secondary N) is 1. The van der Waals surface area contributed by atoms with Crippen LogP contribution in [0.25, 0.3) is 11.1 Å². The number of piperazine rings is 1. The van der Waals surface area contributed by atoms with Crippen LogP contribution in [0.1, 0.15) is 59.9 Å². The molecule has 54 heavy (non-hydrogen) atoms. The molecule has 10 nitrogen and oxygen atoms in total. The number of halogens is 2. The minimum atomic E-state index is -3.66. The van der Waals surface area contributed by atoms with Crippen LogP contribution in [0.3, 0.4) is 0 Å². The van der Waals surface area contributed by atoms with E-state index >= 15 is 8.78 Å². The van der Waals surface area contributed by atoms with Crippen molar-refractivity contribution in [1.29, 1.82) is 0 Å². The molecule has 4 aromatic rings. The lowest BCUT2D eigenvalue weighted by molar-refractivity contribution is -0.160. The van der Waals surface area contributed by atoms with Gasteiger partial charge >= 0.3 is 5.92 Å². The molecule has 3 aliphatic heterocycles. The fraction of sp³-hybridized carbons (Fsp3) is 0.357. The van der Waals surface area contributed by atoms with E-state index in [9.17, 15) is 19.2 Å². The number of piperidine rings is 2. The first kappa shape index (κ1) is 36.9. The Bertz CT molecular complexity index is 1960. The van der Waals surface area contributed by atoms with Crippen LogP contribution in [0.2, 0.25) is 0 Å². The molecule has 3 N–H and O–H groups in total. The fourth-order valence-corrected chi connectivity index (χ4v) is 7.87. The maximum absolute atomic E-state index is 15.6. The highest BCUT2D eigenvalue weighted by Crippen LogP contribution is 2.34. The molecule has 3 fully saturated rings. The predicted octanol–water partition coefficient (Wildman–Crippen LogP) is 5.04. The third kappa shape index (κ3) is 8.03. The first-order valence-corrected chi connectivity index (χ1v) is 18.6. The summed E-state index contributed by atoms with van der Waals surface area (Å²) in [5, 5.41) is 2.42. The number of imide groups is 1. The second kappa shape index (κ2) is 15.9. The molecule has 4 amide bonds. The summed E-state index contributed by atoms with van der Waals surface area (Å²) in [6.45, 7) is 4.92. The van der Waals surface area contributed by atoms with Crippen LogP contribution in [0.4, 0.5) is 14.5 Å². The number of nitrogens with two attached hydrogens (primary N) is 1. The van der Waals surface area contributed by atoms with Crippen molar-refractivity contribution in [1.82, 2.24) is 20.1 Å². The maximum atomic E-state index is 15.6. The molecule has 0 aliphatic carbocycles. The fourth-order valence-electron chi connectivity index (χ4n) is 7.87. The van der Waals surface area contributed by atoms with E-state index in [1.165, 1.54) is 17.0 Å². The summed E-state index contributed by atoms with van der Waals surface area (Å²) in [5.74, 6) is -6.48. The normalized spacial score (nSPS) is 19.3. The number of anilines is 1. The predicted molar refractivity (Wildman–Crippen MR) is 201 cm³/mol. The van der Waals surface area contributed by atoms with Crippen LogP contribution >= 0.6 is 0 Å². The van der Waals surface area contributed by atoms with Crippen molar-refractivity contribution in [3.63, 3.8) is 0 Å². The molecule has 280 valence electrons. The van der Waals surface area contributed by atoms with E-state index in [2.05, 4.69) is 20.1 Å². The Balaban J connectivity index is 0.877. The Hall–Kier alpha value is -5.49. The number of hydrogen-bond donors (Lipinski definition) is 2. The molecule has 0 spiro atoms. The lowest BCUT2D eigenvalue weighted by atomic mass is 9.90. The summed E-state index contributed by atoms with van der Waals surface area (Å²) >= 11 is 0. The summed E-state index contributed by atoms with van der Waals surface area (Å²) in [4.78, 5) is 59.6. The lowest BCUT2D eigenvalue weighted by Gasteiger charge is -2.40. The number of aromatic nitrogens is 1. The number of carbonyl (C=O) groups is 4. The van der Waals surface area contributed by atoms with Gasteiger partial charge in [-0.1, -0.05) is 72.8 Å². The van der Waals surface area contributed by atoms with Gasteiger partial charge in [0.15, 0.2) is 0 Å². The molecule has 0 bridgehead atoms. The van der Waals surface area contributed by atoms with Crippen LogP contribution in [-0.4, -0.2) is 84.2 Å². The molecule has 12 heteroatoms. The van der Waals surface area contributed by atoms with Crippen molar-refractivity contribution in [2.75, 3.05) is 50.7 Å². The molecular weight excluding hydrogens is 690 g/mol. The maximum Gasteiger partial charge on any atom is 0.349 e. The Morgan fingerprint density at radius 3 is 2.09 bits per heavy atom. The van der Waals surface area contributed by atoms with Crippen LogP contribution in [-0.2, 0) is 25.1 Å². The van der Waals surface area contributed by atoms with Gasteiger partial charge in [-0.05, 0) is 60.1 Å². The van der Waals surface area contributed by atoms with Gasteiger partial charge in [-0.3, -0.25) is 34.4 Å². The molecule has 0 saturated carbocycles. The van der Waals surface area contributed by atoms with Crippen LogP contribution < -0.4 is 16.0 Å². The number of alkyl halides is 2. The Labute approximate surface area is 313 Å². The van der Waals surface area contributed by atoms with Crippen molar-refractivity contribution in [2.45, 2.75) is 43.4 Å². The third-order valence-electron chi connectivity index (χ3n) is 11.0. The smallest absolute Gasteiger partial charge is 0.349 e. The van der Waals surface area contributed by atoms with Gasteiger partial charge in [0.2, 0.25) is 17.7 Å². The van der Waals surface area contributed by atoms with Gasteiger partial charge < -0.3 is 15.5 Å². The lowest BCUT2D eigenvalue weighted by Crippen LogP contribution is -2.50. The van der Waals surface area contributed by atoms with Gasteiger partial charge in [0.25, 0.3) is 5.91 Å². The molecular formula is C42H44F2N6O4. The van der Waals surface area contributed by atoms with E-state index < -0.39 is 23.7 Å². The second-order valence-corrected chi connectivity index (χ2v) is 14.5. The van der Waals surface area contributed by atoms with Crippen molar-refractivity contribution in [2.24, 2.45) is 11.7 Å². The molecule has 3 saturated heterocycles. The van der Waals surface area contributed by atoms with Crippen LogP contribution in [0.5, 0.6) is 0 Å². The first-order valence-electron chi connectivity index (χ1n) is 18.6. The quantitative estimate of drug-likeness (QED) is 0.219. The van der Waals surface area contributed by atoms with E-state index in [4.69, 9.17) is 5.73 Å². The number of pyridine rings is 1. The van der Waals surface area contributed by atoms with E-state index in [-0.39, 0.29) is 23.3 Å². The summed E-state index contributed by atoms with van der Waals surface area (Å²) in [6, 6.07) is 26.3. The molecule has 1 aromatic heterocycles. The van der Waals surface area contributed by atoms with Gasteiger partial charge in [-0.2, -0.15) is 8.78 Å². The SMILES string of the molecule is NC(=O)C(c1ccccc1)c1ccc(-c2ccc(C(F)(F)C(=O)N3CCC(CN4CCN(c5ccc(C6CCC(=O)NC6=O)cc5)CC4)CC3)cc2)cn1. The Kier molecular flexibility index (Phi) is 10.8. The molecule has 3 aromatic carbocycles. The van der Waals surface area contributed by atoms with E-state index in [0.29, 0.717) is 61.5 Å².